The van der Waals surface area contributed by atoms with Gasteiger partial charge in [-0.25, -0.2) is 0 Å². The first-order chi connectivity index (χ1) is 14.9. The average Bonchev–Trinajstić information content (AvgIpc) is 3.34. The maximum atomic E-state index is 13.6. The Kier molecular flexibility index (Phi) is 4.83. The lowest BCUT2D eigenvalue weighted by Gasteiger charge is -2.41. The molecule has 0 radical (unpaired) electrons. The Bertz CT molecular complexity index is 1030. The van der Waals surface area contributed by atoms with Gasteiger partial charge in [0.05, 0.1) is 5.66 Å². The van der Waals surface area contributed by atoms with Crippen LogP contribution in [0.3, 0.4) is 0 Å². The van der Waals surface area contributed by atoms with E-state index in [1.54, 1.807) is 0 Å². The van der Waals surface area contributed by atoms with Gasteiger partial charge in [-0.05, 0) is 50.0 Å². The summed E-state index contributed by atoms with van der Waals surface area (Å²) >= 11 is 0. The molecule has 5 rings (SSSR count). The molecule has 0 spiro atoms. The van der Waals surface area contributed by atoms with Crippen LogP contribution in [0.25, 0.3) is 0 Å². The molecule has 0 bridgehead atoms. The summed E-state index contributed by atoms with van der Waals surface area (Å²) in [5, 5.41) is -0.228. The van der Waals surface area contributed by atoms with E-state index in [1.165, 1.54) is 16.7 Å². The molecule has 3 aromatic carbocycles. The van der Waals surface area contributed by atoms with Crippen molar-refractivity contribution in [1.29, 1.82) is 0 Å². The molecule has 31 heavy (non-hydrogen) atoms. The highest BCUT2D eigenvalue weighted by Gasteiger charge is 2.81. The molecular formula is C28H29O2P. The van der Waals surface area contributed by atoms with Gasteiger partial charge in [0.25, 0.3) is 0 Å². The number of hydrogen-bond donors (Lipinski definition) is 0. The number of carbonyl (C=O) groups is 1. The van der Waals surface area contributed by atoms with Gasteiger partial charge >= 0.3 is 5.97 Å². The molecule has 0 aromatic heterocycles. The number of rotatable bonds is 4. The predicted octanol–water partition coefficient (Wildman–Crippen LogP) is 6.48. The standard InChI is InChI=1S/C28H29O2P/c1-26(2,3)30-25(29)24-28(23-17-11-6-12-18-23)27(19-20-31(24)28,21-13-7-4-8-14-21)22-15-9-5-10-16-22/h4-18,24H,19-20H2,1-3H3. The molecule has 2 aliphatic rings. The highest BCUT2D eigenvalue weighted by molar-refractivity contribution is 7.69. The summed E-state index contributed by atoms with van der Waals surface area (Å²) in [6.07, 6.45) is 2.14. The minimum atomic E-state index is -0.524. The van der Waals surface area contributed by atoms with E-state index in [4.69, 9.17) is 4.74 Å². The number of carbonyl (C=O) groups excluding carboxylic acids is 1. The summed E-state index contributed by atoms with van der Waals surface area (Å²) < 4.78 is 5.99. The molecule has 3 atom stereocenters. The quantitative estimate of drug-likeness (QED) is 0.351. The fourth-order valence-corrected chi connectivity index (χ4v) is 10.1. The van der Waals surface area contributed by atoms with Crippen LogP contribution >= 0.6 is 7.92 Å². The van der Waals surface area contributed by atoms with E-state index in [-0.39, 0.29) is 22.2 Å². The largest absolute Gasteiger partial charge is 0.459 e. The van der Waals surface area contributed by atoms with Gasteiger partial charge < -0.3 is 4.74 Å². The highest BCUT2D eigenvalue weighted by Crippen LogP contribution is 2.91. The van der Waals surface area contributed by atoms with Crippen molar-refractivity contribution >= 4 is 13.9 Å². The summed E-state index contributed by atoms with van der Waals surface area (Å²) in [6.45, 7) is 5.90. The summed E-state index contributed by atoms with van der Waals surface area (Å²) in [4.78, 5) is 13.6. The normalized spacial score (nSPS) is 26.2. The monoisotopic (exact) mass is 428 g/mol. The van der Waals surface area contributed by atoms with Crippen LogP contribution in [-0.2, 0) is 20.1 Å². The second kappa shape index (κ2) is 7.31. The van der Waals surface area contributed by atoms with Gasteiger partial charge in [0.15, 0.2) is 0 Å². The molecule has 158 valence electrons. The van der Waals surface area contributed by atoms with Crippen molar-refractivity contribution in [3.63, 3.8) is 0 Å². The van der Waals surface area contributed by atoms with E-state index in [1.807, 2.05) is 20.8 Å². The molecule has 0 N–H and O–H groups in total. The number of hydrogen-bond acceptors (Lipinski definition) is 2. The van der Waals surface area contributed by atoms with E-state index in [2.05, 4.69) is 91.0 Å². The maximum absolute atomic E-state index is 13.6. The van der Waals surface area contributed by atoms with Gasteiger partial charge in [0.1, 0.15) is 5.60 Å². The van der Waals surface area contributed by atoms with E-state index in [0.29, 0.717) is 0 Å². The van der Waals surface area contributed by atoms with Gasteiger partial charge in [-0.2, -0.15) is 0 Å². The zero-order chi connectivity index (χ0) is 21.7. The first-order valence-corrected chi connectivity index (χ1v) is 12.7. The summed E-state index contributed by atoms with van der Waals surface area (Å²) in [7, 11) is -0.524. The minimum absolute atomic E-state index is 0.0293. The first-order valence-electron chi connectivity index (χ1n) is 11.1. The van der Waals surface area contributed by atoms with Crippen LogP contribution in [0.15, 0.2) is 91.0 Å². The Labute approximate surface area is 186 Å². The van der Waals surface area contributed by atoms with Crippen molar-refractivity contribution in [2.45, 2.75) is 49.0 Å². The molecule has 3 aromatic rings. The lowest BCUT2D eigenvalue weighted by Crippen LogP contribution is -2.44. The lowest BCUT2D eigenvalue weighted by molar-refractivity contribution is -0.154. The Hall–Kier alpha value is -2.44. The first kappa shape index (κ1) is 20.5. The molecule has 2 saturated heterocycles. The van der Waals surface area contributed by atoms with Crippen molar-refractivity contribution < 1.29 is 9.53 Å². The molecule has 2 fully saturated rings. The van der Waals surface area contributed by atoms with Gasteiger partial charge in [-0.3, -0.25) is 4.79 Å². The predicted molar refractivity (Wildman–Crippen MR) is 128 cm³/mol. The minimum Gasteiger partial charge on any atom is -0.459 e. The number of fused-ring (bicyclic) bond motifs is 1. The fourth-order valence-electron chi connectivity index (χ4n) is 5.87. The van der Waals surface area contributed by atoms with Crippen molar-refractivity contribution in [3.8, 4) is 0 Å². The molecule has 0 amide bonds. The van der Waals surface area contributed by atoms with E-state index < -0.39 is 13.5 Å². The van der Waals surface area contributed by atoms with Crippen LogP contribution in [0, 0.1) is 0 Å². The Morgan fingerprint density at radius 2 is 1.26 bits per heavy atom. The lowest BCUT2D eigenvalue weighted by atomic mass is 9.61. The van der Waals surface area contributed by atoms with Crippen LogP contribution in [0.4, 0.5) is 0 Å². The fraction of sp³-hybridized carbons (Fsp3) is 0.321. The topological polar surface area (TPSA) is 26.3 Å². The van der Waals surface area contributed by atoms with Crippen molar-refractivity contribution in [3.05, 3.63) is 108 Å². The van der Waals surface area contributed by atoms with Crippen molar-refractivity contribution in [2.75, 3.05) is 6.16 Å². The Balaban J connectivity index is 1.76. The molecule has 0 aliphatic carbocycles. The molecule has 2 aliphatic heterocycles. The number of esters is 1. The molecule has 3 heteroatoms. The van der Waals surface area contributed by atoms with Crippen LogP contribution in [0.1, 0.15) is 43.9 Å². The summed E-state index contributed by atoms with van der Waals surface area (Å²) in [6, 6.07) is 32.4. The van der Waals surface area contributed by atoms with Crippen molar-refractivity contribution in [1.82, 2.24) is 0 Å². The summed E-state index contributed by atoms with van der Waals surface area (Å²) in [5.74, 6) is -0.0293. The second-order valence-corrected chi connectivity index (χ2v) is 12.3. The third-order valence-corrected chi connectivity index (χ3v) is 10.3. The Morgan fingerprint density at radius 3 is 1.71 bits per heavy atom. The number of benzene rings is 3. The smallest absolute Gasteiger partial charge is 0.315 e. The van der Waals surface area contributed by atoms with Crippen LogP contribution < -0.4 is 0 Å². The van der Waals surface area contributed by atoms with Gasteiger partial charge in [0, 0.05) is 10.6 Å². The highest BCUT2D eigenvalue weighted by atomic mass is 31.1. The molecule has 2 nitrogen and oxygen atoms in total. The third-order valence-electron chi connectivity index (χ3n) is 6.85. The van der Waals surface area contributed by atoms with Crippen LogP contribution in [0.2, 0.25) is 0 Å². The second-order valence-electron chi connectivity index (χ2n) is 9.65. The SMILES string of the molecule is CC(C)(C)OC(=O)C1P2CCC(c3ccccc3)(c3ccccc3)C12c1ccccc1. The van der Waals surface area contributed by atoms with E-state index in [9.17, 15) is 4.79 Å². The van der Waals surface area contributed by atoms with E-state index >= 15 is 0 Å². The molecule has 0 saturated carbocycles. The molecule has 3 unspecified atom stereocenters. The van der Waals surface area contributed by atoms with Crippen LogP contribution in [0.5, 0.6) is 0 Å². The van der Waals surface area contributed by atoms with E-state index in [0.717, 1.165) is 12.6 Å². The molecular weight excluding hydrogens is 399 g/mol. The Morgan fingerprint density at radius 1 is 0.806 bits per heavy atom. The van der Waals surface area contributed by atoms with Crippen molar-refractivity contribution in [2.24, 2.45) is 0 Å². The maximum Gasteiger partial charge on any atom is 0.315 e. The van der Waals surface area contributed by atoms with Gasteiger partial charge in [0.2, 0.25) is 0 Å². The zero-order valence-electron chi connectivity index (χ0n) is 18.4. The average molecular weight is 429 g/mol. The van der Waals surface area contributed by atoms with Gasteiger partial charge in [-0.1, -0.05) is 98.9 Å². The summed E-state index contributed by atoms with van der Waals surface area (Å²) in [5.41, 5.74) is 3.11. The molecule has 2 heterocycles. The zero-order valence-corrected chi connectivity index (χ0v) is 19.3. The number of ether oxygens (including phenoxy) is 1. The third kappa shape index (κ3) is 2.99. The van der Waals surface area contributed by atoms with Gasteiger partial charge in [-0.15, -0.1) is 0 Å². The van der Waals surface area contributed by atoms with Crippen LogP contribution in [-0.4, -0.2) is 23.4 Å².